The second kappa shape index (κ2) is 8.20. The average Bonchev–Trinajstić information content (AvgIpc) is 2.66. The fourth-order valence-corrected chi connectivity index (χ4v) is 2.58. The van der Waals surface area contributed by atoms with Gasteiger partial charge in [0.1, 0.15) is 5.82 Å². The van der Waals surface area contributed by atoms with Gasteiger partial charge in [-0.3, -0.25) is 9.78 Å². The number of esters is 1. The summed E-state index contributed by atoms with van der Waals surface area (Å²) in [6.45, 7) is 0. The van der Waals surface area contributed by atoms with Crippen LogP contribution < -0.4 is 0 Å². The second-order valence-corrected chi connectivity index (χ2v) is 5.67. The SMILES string of the molecule is O=C(CCc1ccccc1)OC(c1cccc(F)c1)c1ccccn1. The smallest absolute Gasteiger partial charge is 0.307 e. The third kappa shape index (κ3) is 4.73. The largest absolute Gasteiger partial charge is 0.451 e. The van der Waals surface area contributed by atoms with Crippen molar-refractivity contribution in [3.63, 3.8) is 0 Å². The standard InChI is InChI=1S/C21H18FNO2/c22-18-10-6-9-17(15-18)21(19-11-4-5-14-23-19)25-20(24)13-12-16-7-2-1-3-8-16/h1-11,14-15,21H,12-13H2. The Kier molecular flexibility index (Phi) is 5.52. The Balaban J connectivity index is 1.75. The van der Waals surface area contributed by atoms with Crippen molar-refractivity contribution in [2.75, 3.05) is 0 Å². The van der Waals surface area contributed by atoms with Gasteiger partial charge in [-0.2, -0.15) is 0 Å². The summed E-state index contributed by atoms with van der Waals surface area (Å²) >= 11 is 0. The van der Waals surface area contributed by atoms with E-state index in [1.165, 1.54) is 12.1 Å². The topological polar surface area (TPSA) is 39.2 Å². The zero-order valence-corrected chi connectivity index (χ0v) is 13.6. The Morgan fingerprint density at radius 2 is 1.80 bits per heavy atom. The number of aryl methyl sites for hydroxylation is 1. The van der Waals surface area contributed by atoms with E-state index in [2.05, 4.69) is 4.98 Å². The van der Waals surface area contributed by atoms with Crippen molar-refractivity contribution >= 4 is 5.97 Å². The van der Waals surface area contributed by atoms with Crippen molar-refractivity contribution < 1.29 is 13.9 Å². The molecule has 0 bridgehead atoms. The molecule has 1 atom stereocenters. The molecule has 0 saturated heterocycles. The van der Waals surface area contributed by atoms with Crippen LogP contribution in [-0.2, 0) is 16.0 Å². The van der Waals surface area contributed by atoms with Gasteiger partial charge in [0.25, 0.3) is 0 Å². The Morgan fingerprint density at radius 3 is 2.52 bits per heavy atom. The highest BCUT2D eigenvalue weighted by Crippen LogP contribution is 2.25. The Hall–Kier alpha value is -3.01. The minimum atomic E-state index is -0.722. The van der Waals surface area contributed by atoms with Crippen LogP contribution in [-0.4, -0.2) is 11.0 Å². The van der Waals surface area contributed by atoms with Gasteiger partial charge in [-0.05, 0) is 36.2 Å². The van der Waals surface area contributed by atoms with Gasteiger partial charge >= 0.3 is 5.97 Å². The third-order valence-electron chi connectivity index (χ3n) is 3.82. The number of pyridine rings is 1. The molecule has 126 valence electrons. The predicted molar refractivity (Wildman–Crippen MR) is 93.3 cm³/mol. The molecule has 0 aliphatic rings. The van der Waals surface area contributed by atoms with Gasteiger partial charge in [0.05, 0.1) is 5.69 Å². The van der Waals surface area contributed by atoms with Crippen LogP contribution in [0.25, 0.3) is 0 Å². The molecule has 0 aliphatic carbocycles. The number of halogens is 1. The van der Waals surface area contributed by atoms with Crippen molar-refractivity contribution in [3.05, 3.63) is 102 Å². The molecule has 0 spiro atoms. The lowest BCUT2D eigenvalue weighted by molar-refractivity contribution is -0.147. The highest BCUT2D eigenvalue weighted by atomic mass is 19.1. The molecule has 0 saturated carbocycles. The summed E-state index contributed by atoms with van der Waals surface area (Å²) in [7, 11) is 0. The molecule has 3 aromatic rings. The number of nitrogens with zero attached hydrogens (tertiary/aromatic N) is 1. The van der Waals surface area contributed by atoms with E-state index in [0.29, 0.717) is 17.7 Å². The van der Waals surface area contributed by atoms with Crippen molar-refractivity contribution in [2.24, 2.45) is 0 Å². The molecule has 0 amide bonds. The molecule has 1 aromatic heterocycles. The monoisotopic (exact) mass is 335 g/mol. The molecule has 0 aliphatic heterocycles. The van der Waals surface area contributed by atoms with Crippen LogP contribution in [0.3, 0.4) is 0 Å². The van der Waals surface area contributed by atoms with Gasteiger partial charge in [0, 0.05) is 18.2 Å². The maximum Gasteiger partial charge on any atom is 0.307 e. The Morgan fingerprint density at radius 1 is 1.00 bits per heavy atom. The maximum atomic E-state index is 13.6. The molecular weight excluding hydrogens is 317 g/mol. The number of hydrogen-bond acceptors (Lipinski definition) is 3. The maximum absolute atomic E-state index is 13.6. The average molecular weight is 335 g/mol. The first-order chi connectivity index (χ1) is 12.2. The zero-order chi connectivity index (χ0) is 17.5. The molecular formula is C21H18FNO2. The van der Waals surface area contributed by atoms with E-state index >= 15 is 0 Å². The number of carbonyl (C=O) groups excluding carboxylic acids is 1. The predicted octanol–water partition coefficient (Wildman–Crippen LogP) is 4.49. The molecule has 0 fully saturated rings. The van der Waals surface area contributed by atoms with Gasteiger partial charge in [-0.1, -0.05) is 48.5 Å². The first kappa shape index (κ1) is 16.8. The number of rotatable bonds is 6. The Labute approximate surface area is 146 Å². The van der Waals surface area contributed by atoms with Crippen LogP contribution in [0.1, 0.15) is 29.3 Å². The summed E-state index contributed by atoms with van der Waals surface area (Å²) in [6, 6.07) is 21.1. The summed E-state index contributed by atoms with van der Waals surface area (Å²) in [4.78, 5) is 16.6. The molecule has 3 nitrogen and oxygen atoms in total. The van der Waals surface area contributed by atoms with Crippen LogP contribution in [0.15, 0.2) is 79.0 Å². The number of benzene rings is 2. The minimum absolute atomic E-state index is 0.253. The lowest BCUT2D eigenvalue weighted by Crippen LogP contribution is -2.14. The van der Waals surface area contributed by atoms with Crippen molar-refractivity contribution in [1.29, 1.82) is 0 Å². The van der Waals surface area contributed by atoms with E-state index in [4.69, 9.17) is 4.74 Å². The zero-order valence-electron chi connectivity index (χ0n) is 13.6. The van der Waals surface area contributed by atoms with E-state index in [1.807, 2.05) is 36.4 Å². The van der Waals surface area contributed by atoms with Gasteiger partial charge in [0.15, 0.2) is 6.10 Å². The quantitative estimate of drug-likeness (QED) is 0.623. The number of aromatic nitrogens is 1. The first-order valence-corrected chi connectivity index (χ1v) is 8.12. The molecule has 3 rings (SSSR count). The summed E-state index contributed by atoms with van der Waals surface area (Å²) in [5.41, 5.74) is 2.20. The van der Waals surface area contributed by atoms with Gasteiger partial charge in [-0.25, -0.2) is 4.39 Å². The fourth-order valence-electron chi connectivity index (χ4n) is 2.58. The van der Waals surface area contributed by atoms with Gasteiger partial charge in [0.2, 0.25) is 0 Å². The molecule has 0 radical (unpaired) electrons. The van der Waals surface area contributed by atoms with E-state index < -0.39 is 6.10 Å². The molecule has 2 aromatic carbocycles. The molecule has 1 heterocycles. The lowest BCUT2D eigenvalue weighted by Gasteiger charge is -2.18. The van der Waals surface area contributed by atoms with Gasteiger partial charge < -0.3 is 4.74 Å². The van der Waals surface area contributed by atoms with Crippen LogP contribution >= 0.6 is 0 Å². The summed E-state index contributed by atoms with van der Waals surface area (Å²) in [5.74, 6) is -0.720. The van der Waals surface area contributed by atoms with Crippen molar-refractivity contribution in [3.8, 4) is 0 Å². The van der Waals surface area contributed by atoms with E-state index in [0.717, 1.165) is 5.56 Å². The van der Waals surface area contributed by atoms with Crippen LogP contribution in [0, 0.1) is 5.82 Å². The van der Waals surface area contributed by atoms with Crippen LogP contribution in [0.2, 0.25) is 0 Å². The highest BCUT2D eigenvalue weighted by Gasteiger charge is 2.20. The Bertz CT molecular complexity index is 822. The fraction of sp³-hybridized carbons (Fsp3) is 0.143. The van der Waals surface area contributed by atoms with E-state index in [9.17, 15) is 9.18 Å². The van der Waals surface area contributed by atoms with Gasteiger partial charge in [-0.15, -0.1) is 0 Å². The number of ether oxygens (including phenoxy) is 1. The highest BCUT2D eigenvalue weighted by molar-refractivity contribution is 5.70. The van der Waals surface area contributed by atoms with Crippen molar-refractivity contribution in [1.82, 2.24) is 4.98 Å². The molecule has 1 unspecified atom stereocenters. The number of hydrogen-bond donors (Lipinski definition) is 0. The van der Waals surface area contributed by atoms with E-state index in [-0.39, 0.29) is 18.2 Å². The molecule has 4 heteroatoms. The lowest BCUT2D eigenvalue weighted by atomic mass is 10.1. The van der Waals surface area contributed by atoms with Crippen LogP contribution in [0.4, 0.5) is 4.39 Å². The third-order valence-corrected chi connectivity index (χ3v) is 3.82. The van der Waals surface area contributed by atoms with Crippen LogP contribution in [0.5, 0.6) is 0 Å². The normalized spacial score (nSPS) is 11.7. The summed E-state index contributed by atoms with van der Waals surface area (Å²) in [6.07, 6.45) is 1.75. The summed E-state index contributed by atoms with van der Waals surface area (Å²) in [5, 5.41) is 0. The van der Waals surface area contributed by atoms with E-state index in [1.54, 1.807) is 30.5 Å². The second-order valence-electron chi connectivity index (χ2n) is 5.67. The summed E-state index contributed by atoms with van der Waals surface area (Å²) < 4.78 is 19.2. The van der Waals surface area contributed by atoms with Crippen molar-refractivity contribution in [2.45, 2.75) is 18.9 Å². The number of carbonyl (C=O) groups is 1. The first-order valence-electron chi connectivity index (χ1n) is 8.12. The minimum Gasteiger partial charge on any atom is -0.451 e. The molecule has 25 heavy (non-hydrogen) atoms. The molecule has 0 N–H and O–H groups in total.